The zero-order chi connectivity index (χ0) is 12.1. The molecule has 0 radical (unpaired) electrons. The van der Waals surface area contributed by atoms with E-state index in [9.17, 15) is 9.59 Å². The molecule has 0 unspecified atom stereocenters. The van der Waals surface area contributed by atoms with Crippen molar-refractivity contribution in [2.24, 2.45) is 0 Å². The van der Waals surface area contributed by atoms with Gasteiger partial charge in [0, 0.05) is 21.5 Å². The molecule has 3 nitrogen and oxygen atoms in total. The van der Waals surface area contributed by atoms with Crippen LogP contribution in [0.25, 0.3) is 0 Å². The minimum Gasteiger partial charge on any atom is -0.469 e. The largest absolute Gasteiger partial charge is 0.469 e. The fraction of sp³-hybridized carbons (Fsp3) is 0.273. The van der Waals surface area contributed by atoms with Crippen LogP contribution in [-0.2, 0) is 9.53 Å². The van der Waals surface area contributed by atoms with Crippen molar-refractivity contribution >= 4 is 39.3 Å². The van der Waals surface area contributed by atoms with Gasteiger partial charge in [0.1, 0.15) is 0 Å². The number of ketones is 1. The van der Waals surface area contributed by atoms with E-state index in [1.54, 1.807) is 18.2 Å². The first-order chi connectivity index (χ1) is 7.54. The van der Waals surface area contributed by atoms with Crippen molar-refractivity contribution in [1.29, 1.82) is 0 Å². The zero-order valence-electron chi connectivity index (χ0n) is 8.63. The first-order valence-corrected chi connectivity index (χ1v) is 5.76. The van der Waals surface area contributed by atoms with E-state index >= 15 is 0 Å². The van der Waals surface area contributed by atoms with Crippen LogP contribution in [0.2, 0.25) is 5.02 Å². The van der Waals surface area contributed by atoms with Gasteiger partial charge in [-0.3, -0.25) is 9.59 Å². The highest BCUT2D eigenvalue weighted by Crippen LogP contribution is 2.22. The second-order valence-electron chi connectivity index (χ2n) is 3.12. The van der Waals surface area contributed by atoms with Gasteiger partial charge >= 0.3 is 5.97 Å². The Balaban J connectivity index is 2.73. The lowest BCUT2D eigenvalue weighted by Gasteiger charge is -2.03. The van der Waals surface area contributed by atoms with Crippen molar-refractivity contribution in [3.05, 3.63) is 33.3 Å². The highest BCUT2D eigenvalue weighted by Gasteiger charge is 2.12. The summed E-state index contributed by atoms with van der Waals surface area (Å²) in [5, 5.41) is 0.490. The van der Waals surface area contributed by atoms with Crippen molar-refractivity contribution in [2.75, 3.05) is 7.11 Å². The van der Waals surface area contributed by atoms with Gasteiger partial charge in [-0.1, -0.05) is 27.5 Å². The molecule has 0 aliphatic rings. The molecule has 0 atom stereocenters. The lowest BCUT2D eigenvalue weighted by Crippen LogP contribution is -2.06. The third kappa shape index (κ3) is 3.61. The van der Waals surface area contributed by atoms with Gasteiger partial charge in [0.15, 0.2) is 5.78 Å². The topological polar surface area (TPSA) is 43.4 Å². The van der Waals surface area contributed by atoms with Crippen LogP contribution in [0.4, 0.5) is 0 Å². The van der Waals surface area contributed by atoms with E-state index in [0.717, 1.165) is 0 Å². The summed E-state index contributed by atoms with van der Waals surface area (Å²) in [7, 11) is 1.29. The smallest absolute Gasteiger partial charge is 0.305 e. The monoisotopic (exact) mass is 304 g/mol. The molecule has 0 bridgehead atoms. The molecule has 0 N–H and O–H groups in total. The summed E-state index contributed by atoms with van der Waals surface area (Å²) in [5.74, 6) is -0.536. The maximum absolute atomic E-state index is 11.7. The molecular formula is C11H10BrClO3. The van der Waals surface area contributed by atoms with Crippen LogP contribution in [0, 0.1) is 0 Å². The van der Waals surface area contributed by atoms with Crippen LogP contribution in [0.5, 0.6) is 0 Å². The van der Waals surface area contributed by atoms with Crippen LogP contribution < -0.4 is 0 Å². The predicted octanol–water partition coefficient (Wildman–Crippen LogP) is 3.24. The highest BCUT2D eigenvalue weighted by atomic mass is 79.9. The molecule has 0 amide bonds. The number of rotatable bonds is 4. The lowest BCUT2D eigenvalue weighted by atomic mass is 10.1. The molecule has 0 aliphatic heterocycles. The molecule has 16 heavy (non-hydrogen) atoms. The van der Waals surface area contributed by atoms with Crippen molar-refractivity contribution in [1.82, 2.24) is 0 Å². The number of ether oxygens (including phenoxy) is 1. The fourth-order valence-electron chi connectivity index (χ4n) is 1.16. The van der Waals surface area contributed by atoms with Crippen molar-refractivity contribution < 1.29 is 14.3 Å². The number of carbonyl (C=O) groups excluding carboxylic acids is 2. The minimum absolute atomic E-state index is 0.0777. The lowest BCUT2D eigenvalue weighted by molar-refractivity contribution is -0.140. The molecule has 0 saturated carbocycles. The molecule has 5 heteroatoms. The van der Waals surface area contributed by atoms with Crippen molar-refractivity contribution in [3.63, 3.8) is 0 Å². The third-order valence-electron chi connectivity index (χ3n) is 2.01. The van der Waals surface area contributed by atoms with E-state index in [0.29, 0.717) is 15.1 Å². The van der Waals surface area contributed by atoms with E-state index in [4.69, 9.17) is 11.6 Å². The Morgan fingerprint density at radius 3 is 2.69 bits per heavy atom. The first kappa shape index (κ1) is 13.2. The molecule has 0 fully saturated rings. The van der Waals surface area contributed by atoms with Gasteiger partial charge in [-0.2, -0.15) is 0 Å². The molecule has 1 aromatic carbocycles. The van der Waals surface area contributed by atoms with Gasteiger partial charge in [0.25, 0.3) is 0 Å². The van der Waals surface area contributed by atoms with E-state index in [1.165, 1.54) is 7.11 Å². The molecule has 1 aromatic rings. The number of hydrogen-bond donors (Lipinski definition) is 0. The molecule has 0 spiro atoms. The maximum Gasteiger partial charge on any atom is 0.305 e. The number of carbonyl (C=O) groups is 2. The van der Waals surface area contributed by atoms with Crippen LogP contribution in [-0.4, -0.2) is 18.9 Å². The van der Waals surface area contributed by atoms with Crippen LogP contribution in [0.1, 0.15) is 23.2 Å². The fourth-order valence-corrected chi connectivity index (χ4v) is 1.80. The average Bonchev–Trinajstić information content (AvgIpc) is 2.28. The summed E-state index contributed by atoms with van der Waals surface area (Å²) in [5.41, 5.74) is 0.483. The Labute approximate surface area is 107 Å². The second kappa shape index (κ2) is 6.01. The first-order valence-electron chi connectivity index (χ1n) is 4.59. The van der Waals surface area contributed by atoms with Crippen molar-refractivity contribution in [2.45, 2.75) is 12.8 Å². The summed E-state index contributed by atoms with van der Waals surface area (Å²) >= 11 is 9.05. The summed E-state index contributed by atoms with van der Waals surface area (Å²) < 4.78 is 5.13. The van der Waals surface area contributed by atoms with Gasteiger partial charge in [0.2, 0.25) is 0 Å². The number of hydrogen-bond acceptors (Lipinski definition) is 3. The number of halogens is 2. The number of methoxy groups -OCH3 is 1. The van der Waals surface area contributed by atoms with E-state index in [-0.39, 0.29) is 18.6 Å². The number of benzene rings is 1. The van der Waals surface area contributed by atoms with Gasteiger partial charge in [-0.25, -0.2) is 0 Å². The minimum atomic E-state index is -0.397. The van der Waals surface area contributed by atoms with E-state index in [2.05, 4.69) is 20.7 Å². The SMILES string of the molecule is COC(=O)CCC(=O)c1cc(Cl)ccc1Br. The summed E-state index contributed by atoms with van der Waals surface area (Å²) in [6.45, 7) is 0. The maximum atomic E-state index is 11.7. The summed E-state index contributed by atoms with van der Waals surface area (Å²) in [4.78, 5) is 22.6. The Morgan fingerprint density at radius 1 is 1.38 bits per heavy atom. The number of esters is 1. The highest BCUT2D eigenvalue weighted by molar-refractivity contribution is 9.10. The Morgan fingerprint density at radius 2 is 2.06 bits per heavy atom. The van der Waals surface area contributed by atoms with E-state index < -0.39 is 5.97 Å². The molecule has 86 valence electrons. The Hall–Kier alpha value is -0.870. The van der Waals surface area contributed by atoms with Crippen LogP contribution >= 0.6 is 27.5 Å². The molecule has 0 aliphatic carbocycles. The van der Waals surface area contributed by atoms with Gasteiger partial charge in [-0.15, -0.1) is 0 Å². The van der Waals surface area contributed by atoms with Gasteiger partial charge < -0.3 is 4.74 Å². The zero-order valence-corrected chi connectivity index (χ0v) is 11.0. The molecule has 0 aromatic heterocycles. The average molecular weight is 306 g/mol. The summed E-state index contributed by atoms with van der Waals surface area (Å²) in [6, 6.07) is 4.96. The van der Waals surface area contributed by atoms with Gasteiger partial charge in [0.05, 0.1) is 13.5 Å². The van der Waals surface area contributed by atoms with Crippen LogP contribution in [0.3, 0.4) is 0 Å². The molecule has 0 saturated heterocycles. The van der Waals surface area contributed by atoms with E-state index in [1.807, 2.05) is 0 Å². The predicted molar refractivity (Wildman–Crippen MR) is 64.7 cm³/mol. The quantitative estimate of drug-likeness (QED) is 0.633. The molecule has 1 rings (SSSR count). The molecular weight excluding hydrogens is 295 g/mol. The van der Waals surface area contributed by atoms with Crippen molar-refractivity contribution in [3.8, 4) is 0 Å². The van der Waals surface area contributed by atoms with Gasteiger partial charge in [-0.05, 0) is 18.2 Å². The van der Waals surface area contributed by atoms with Crippen LogP contribution in [0.15, 0.2) is 22.7 Å². The second-order valence-corrected chi connectivity index (χ2v) is 4.41. The Kier molecular flexibility index (Phi) is 4.96. The molecule has 0 heterocycles. The standard InChI is InChI=1S/C11H10BrClO3/c1-16-11(15)5-4-10(14)8-6-7(13)2-3-9(8)12/h2-3,6H,4-5H2,1H3. The number of Topliss-reactive ketones (excluding diaryl/α,β-unsaturated/α-hetero) is 1. The summed E-state index contributed by atoms with van der Waals surface area (Å²) in [6.07, 6.45) is 0.194. The normalized spacial score (nSPS) is 9.94. The third-order valence-corrected chi connectivity index (χ3v) is 2.94. The Bertz CT molecular complexity index is 418.